The highest BCUT2D eigenvalue weighted by molar-refractivity contribution is 7.54. The predicted octanol–water partition coefficient (Wildman–Crippen LogP) is -0.249. The van der Waals surface area contributed by atoms with E-state index in [1.807, 2.05) is 0 Å². The van der Waals surface area contributed by atoms with Crippen molar-refractivity contribution in [1.29, 1.82) is 0 Å². The van der Waals surface area contributed by atoms with Crippen LogP contribution >= 0.6 is 7.60 Å². The fourth-order valence-corrected chi connectivity index (χ4v) is 3.27. The second-order valence-electron chi connectivity index (χ2n) is 4.15. The number of nitrogens with one attached hydrogen (secondary N) is 1. The Hall–Kier alpha value is -1.41. The van der Waals surface area contributed by atoms with Crippen molar-refractivity contribution in [3.05, 3.63) is 11.8 Å². The van der Waals surface area contributed by atoms with Crippen molar-refractivity contribution >= 4 is 19.5 Å². The molecule has 0 radical (unpaired) electrons. The van der Waals surface area contributed by atoms with Crippen molar-refractivity contribution in [1.82, 2.24) is 5.32 Å². The number of rotatable bonds is 5. The van der Waals surface area contributed by atoms with E-state index in [4.69, 9.17) is 13.8 Å². The second-order valence-corrected chi connectivity index (χ2v) is 6.47. The summed E-state index contributed by atoms with van der Waals surface area (Å²) in [5.41, 5.74) is 0. The van der Waals surface area contributed by atoms with Crippen molar-refractivity contribution < 1.29 is 37.8 Å². The molecule has 0 aliphatic carbocycles. The van der Waals surface area contributed by atoms with Gasteiger partial charge in [0.1, 0.15) is 12.1 Å². The summed E-state index contributed by atoms with van der Waals surface area (Å²) in [6.45, 7) is 1.22. The van der Waals surface area contributed by atoms with E-state index < -0.39 is 37.5 Å². The highest BCUT2D eigenvalue weighted by Gasteiger charge is 2.49. The summed E-state index contributed by atoms with van der Waals surface area (Å²) in [5.74, 6) is -3.09. The Morgan fingerprint density at radius 2 is 1.90 bits per heavy atom. The lowest BCUT2D eigenvalue weighted by molar-refractivity contribution is -0.142. The van der Waals surface area contributed by atoms with Crippen LogP contribution in [0.5, 0.6) is 0 Å². The Kier molecular flexibility index (Phi) is 5.91. The predicted molar refractivity (Wildman–Crippen MR) is 70.2 cm³/mol. The second kappa shape index (κ2) is 7.04. The lowest BCUT2D eigenvalue weighted by Gasteiger charge is -2.36. The molecular formula is C11H18NO8P. The molecule has 9 nitrogen and oxygen atoms in total. The van der Waals surface area contributed by atoms with Gasteiger partial charge in [-0.2, -0.15) is 0 Å². The van der Waals surface area contributed by atoms with Crippen LogP contribution in [0.4, 0.5) is 0 Å². The molecule has 1 aliphatic rings. The van der Waals surface area contributed by atoms with E-state index in [1.54, 1.807) is 0 Å². The largest absolute Gasteiger partial charge is 0.468 e. The molecule has 10 heteroatoms. The zero-order valence-electron chi connectivity index (χ0n) is 12.1. The summed E-state index contributed by atoms with van der Waals surface area (Å²) in [7, 11) is -0.462. The number of amides is 1. The van der Waals surface area contributed by atoms with Crippen LogP contribution in [-0.4, -0.2) is 56.3 Å². The summed E-state index contributed by atoms with van der Waals surface area (Å²) < 4.78 is 31.9. The van der Waals surface area contributed by atoms with Crippen LogP contribution in [0.2, 0.25) is 0 Å². The number of aliphatic hydroxyl groups excluding tert-OH is 1. The van der Waals surface area contributed by atoms with Gasteiger partial charge in [0.15, 0.2) is 0 Å². The van der Waals surface area contributed by atoms with E-state index in [2.05, 4.69) is 10.1 Å². The van der Waals surface area contributed by atoms with E-state index in [9.17, 15) is 19.3 Å². The number of carbonyl (C=O) groups excluding carboxylic acids is 2. The quantitative estimate of drug-likeness (QED) is 0.525. The highest BCUT2D eigenvalue weighted by Crippen LogP contribution is 2.55. The van der Waals surface area contributed by atoms with Gasteiger partial charge in [0, 0.05) is 21.1 Å². The minimum absolute atomic E-state index is 0.342. The average molecular weight is 323 g/mol. The molecule has 2 N–H and O–H groups in total. The molecule has 0 saturated carbocycles. The van der Waals surface area contributed by atoms with Crippen LogP contribution in [-0.2, 0) is 32.7 Å². The van der Waals surface area contributed by atoms with Gasteiger partial charge in [-0.25, -0.2) is 4.79 Å². The zero-order valence-corrected chi connectivity index (χ0v) is 13.0. The zero-order chi connectivity index (χ0) is 16.2. The number of carbonyl (C=O) groups is 2. The van der Waals surface area contributed by atoms with Gasteiger partial charge in [0.25, 0.3) is 0 Å². The van der Waals surface area contributed by atoms with Gasteiger partial charge < -0.3 is 28.9 Å². The molecule has 0 saturated heterocycles. The summed E-state index contributed by atoms with van der Waals surface area (Å²) >= 11 is 0. The average Bonchev–Trinajstić information content (AvgIpc) is 2.46. The molecular weight excluding hydrogens is 305 g/mol. The van der Waals surface area contributed by atoms with Gasteiger partial charge in [-0.1, -0.05) is 0 Å². The SMILES string of the molecule is COC(=O)C1=C[C@H](O)[C@@H](NC(C)=O)[C@H](P(=O)(OC)OC)O1. The molecule has 1 rings (SSSR count). The van der Waals surface area contributed by atoms with Crippen molar-refractivity contribution in [3.63, 3.8) is 0 Å². The first-order valence-corrected chi connectivity index (χ1v) is 7.53. The third kappa shape index (κ3) is 3.82. The van der Waals surface area contributed by atoms with E-state index in [1.165, 1.54) is 6.92 Å². The molecule has 0 aromatic carbocycles. The molecule has 1 aliphatic heterocycles. The van der Waals surface area contributed by atoms with Crippen molar-refractivity contribution in [2.45, 2.75) is 24.9 Å². The van der Waals surface area contributed by atoms with E-state index in [-0.39, 0.29) is 5.76 Å². The van der Waals surface area contributed by atoms with Crippen LogP contribution in [0.3, 0.4) is 0 Å². The molecule has 0 spiro atoms. The lowest BCUT2D eigenvalue weighted by atomic mass is 10.1. The lowest BCUT2D eigenvalue weighted by Crippen LogP contribution is -2.53. The Balaban J connectivity index is 3.21. The molecule has 1 amide bonds. The summed E-state index contributed by atoms with van der Waals surface area (Å²) in [4.78, 5) is 22.7. The molecule has 0 fully saturated rings. The number of aliphatic hydroxyl groups is 1. The molecule has 3 atom stereocenters. The van der Waals surface area contributed by atoms with Gasteiger partial charge in [-0.05, 0) is 6.08 Å². The number of methoxy groups -OCH3 is 1. The van der Waals surface area contributed by atoms with Crippen molar-refractivity contribution in [3.8, 4) is 0 Å². The standard InChI is InChI=1S/C11H18NO8P/c1-6(13)12-9-7(14)5-8(10(15)17-2)20-11(9)21(16,18-3)19-4/h5,7,9,11,14H,1-4H3,(H,12,13)/t7-,9+,11-/m0/s1. The van der Waals surface area contributed by atoms with E-state index >= 15 is 0 Å². The molecule has 0 aromatic rings. The first kappa shape index (κ1) is 17.6. The normalized spacial score (nSPS) is 25.6. The van der Waals surface area contributed by atoms with Gasteiger partial charge >= 0.3 is 13.6 Å². The number of hydrogen-bond acceptors (Lipinski definition) is 8. The van der Waals surface area contributed by atoms with E-state index in [0.717, 1.165) is 27.4 Å². The Morgan fingerprint density at radius 1 is 1.33 bits per heavy atom. The third-order valence-electron chi connectivity index (χ3n) is 2.82. The number of esters is 1. The van der Waals surface area contributed by atoms with Gasteiger partial charge in [-0.15, -0.1) is 0 Å². The van der Waals surface area contributed by atoms with Crippen LogP contribution in [0, 0.1) is 0 Å². The summed E-state index contributed by atoms with van der Waals surface area (Å²) in [6.07, 6.45) is -0.279. The topological polar surface area (TPSA) is 120 Å². The van der Waals surface area contributed by atoms with E-state index in [0.29, 0.717) is 0 Å². The van der Waals surface area contributed by atoms with Crippen molar-refractivity contribution in [2.24, 2.45) is 0 Å². The maximum atomic E-state index is 12.5. The molecule has 120 valence electrons. The van der Waals surface area contributed by atoms with Crippen LogP contribution < -0.4 is 5.32 Å². The third-order valence-corrected chi connectivity index (χ3v) is 4.89. The minimum Gasteiger partial charge on any atom is -0.468 e. The number of ether oxygens (including phenoxy) is 2. The Labute approximate surface area is 121 Å². The van der Waals surface area contributed by atoms with Gasteiger partial charge in [-0.3, -0.25) is 9.36 Å². The molecule has 0 aromatic heterocycles. The highest BCUT2D eigenvalue weighted by atomic mass is 31.2. The van der Waals surface area contributed by atoms with Gasteiger partial charge in [0.2, 0.25) is 17.5 Å². The minimum atomic E-state index is -3.84. The molecule has 0 bridgehead atoms. The first-order valence-electron chi connectivity index (χ1n) is 5.92. The summed E-state index contributed by atoms with van der Waals surface area (Å²) in [6, 6.07) is -1.11. The fourth-order valence-electron chi connectivity index (χ4n) is 1.82. The van der Waals surface area contributed by atoms with Gasteiger partial charge in [0.05, 0.1) is 7.11 Å². The fraction of sp³-hybridized carbons (Fsp3) is 0.636. The Bertz CT molecular complexity index is 483. The maximum Gasteiger partial charge on any atom is 0.373 e. The molecule has 1 heterocycles. The maximum absolute atomic E-state index is 12.5. The smallest absolute Gasteiger partial charge is 0.373 e. The number of hydrogen-bond donors (Lipinski definition) is 2. The van der Waals surface area contributed by atoms with Crippen molar-refractivity contribution in [2.75, 3.05) is 21.3 Å². The molecule has 0 unspecified atom stereocenters. The Morgan fingerprint density at radius 3 is 2.33 bits per heavy atom. The summed E-state index contributed by atoms with van der Waals surface area (Å²) in [5, 5.41) is 12.4. The van der Waals surface area contributed by atoms with Crippen LogP contribution in [0.15, 0.2) is 11.8 Å². The first-order chi connectivity index (χ1) is 9.78. The molecule has 21 heavy (non-hydrogen) atoms. The van der Waals surface area contributed by atoms with Crippen LogP contribution in [0.25, 0.3) is 0 Å². The van der Waals surface area contributed by atoms with Crippen LogP contribution in [0.1, 0.15) is 6.92 Å². The monoisotopic (exact) mass is 323 g/mol.